The molecule has 0 aliphatic carbocycles. The van der Waals surface area contributed by atoms with E-state index >= 15 is 0 Å². The highest BCUT2D eigenvalue weighted by molar-refractivity contribution is 5.94. The van der Waals surface area contributed by atoms with Crippen LogP contribution >= 0.6 is 0 Å². The molecule has 0 aliphatic heterocycles. The SMILES string of the molecule is Cc1c(CCC(=O)O)c2cccc(N)c2n1C. The summed E-state index contributed by atoms with van der Waals surface area (Å²) < 4.78 is 2.03. The van der Waals surface area contributed by atoms with E-state index in [4.69, 9.17) is 10.8 Å². The predicted octanol–water partition coefficient (Wildman–Crippen LogP) is 2.09. The number of aryl methyl sites for hydroxylation is 2. The largest absolute Gasteiger partial charge is 0.481 e. The molecule has 0 saturated carbocycles. The second-order valence-electron chi connectivity index (χ2n) is 4.26. The topological polar surface area (TPSA) is 68.2 Å². The zero-order chi connectivity index (χ0) is 12.6. The Morgan fingerprint density at radius 1 is 1.47 bits per heavy atom. The van der Waals surface area contributed by atoms with Gasteiger partial charge in [-0.3, -0.25) is 4.79 Å². The third kappa shape index (κ3) is 1.86. The molecule has 0 fully saturated rings. The van der Waals surface area contributed by atoms with Gasteiger partial charge in [0, 0.05) is 24.5 Å². The molecule has 3 N–H and O–H groups in total. The Morgan fingerprint density at radius 2 is 2.18 bits per heavy atom. The molecule has 0 unspecified atom stereocenters. The quantitative estimate of drug-likeness (QED) is 0.796. The Kier molecular flexibility index (Phi) is 2.79. The smallest absolute Gasteiger partial charge is 0.303 e. The number of fused-ring (bicyclic) bond motifs is 1. The van der Waals surface area contributed by atoms with E-state index in [1.54, 1.807) is 0 Å². The molecule has 0 saturated heterocycles. The second-order valence-corrected chi connectivity index (χ2v) is 4.26. The van der Waals surface area contributed by atoms with Gasteiger partial charge in [0.05, 0.1) is 11.2 Å². The molecule has 90 valence electrons. The molecule has 1 heterocycles. The zero-order valence-electron chi connectivity index (χ0n) is 10.0. The number of benzene rings is 1. The maximum absolute atomic E-state index is 10.7. The normalized spacial score (nSPS) is 10.9. The summed E-state index contributed by atoms with van der Waals surface area (Å²) in [6, 6.07) is 5.76. The van der Waals surface area contributed by atoms with Gasteiger partial charge in [-0.25, -0.2) is 0 Å². The Morgan fingerprint density at radius 3 is 2.82 bits per heavy atom. The molecule has 4 nitrogen and oxygen atoms in total. The van der Waals surface area contributed by atoms with Crippen molar-refractivity contribution in [2.75, 3.05) is 5.73 Å². The van der Waals surface area contributed by atoms with Crippen LogP contribution in [0.25, 0.3) is 10.9 Å². The van der Waals surface area contributed by atoms with Crippen LogP contribution < -0.4 is 5.73 Å². The number of hydrogen-bond acceptors (Lipinski definition) is 2. The minimum atomic E-state index is -0.773. The van der Waals surface area contributed by atoms with Gasteiger partial charge in [0.25, 0.3) is 0 Å². The van der Waals surface area contributed by atoms with Gasteiger partial charge in [-0.15, -0.1) is 0 Å². The average molecular weight is 232 g/mol. The Bertz CT molecular complexity index is 585. The van der Waals surface area contributed by atoms with Gasteiger partial charge in [0.1, 0.15) is 0 Å². The maximum Gasteiger partial charge on any atom is 0.303 e. The van der Waals surface area contributed by atoms with Crippen LogP contribution in [0.2, 0.25) is 0 Å². The van der Waals surface area contributed by atoms with Crippen molar-refractivity contribution >= 4 is 22.6 Å². The van der Waals surface area contributed by atoms with Crippen LogP contribution in [0.5, 0.6) is 0 Å². The summed E-state index contributed by atoms with van der Waals surface area (Å²) in [5.41, 5.74) is 9.84. The summed E-state index contributed by atoms with van der Waals surface area (Å²) in [5.74, 6) is -0.773. The van der Waals surface area contributed by atoms with E-state index in [0.717, 1.165) is 27.8 Å². The van der Waals surface area contributed by atoms with Gasteiger partial charge in [0.15, 0.2) is 0 Å². The lowest BCUT2D eigenvalue weighted by atomic mass is 10.1. The number of nitrogens with two attached hydrogens (primary N) is 1. The van der Waals surface area contributed by atoms with Crippen LogP contribution in [0.1, 0.15) is 17.7 Å². The summed E-state index contributed by atoms with van der Waals surface area (Å²) in [4.78, 5) is 10.7. The fourth-order valence-corrected chi connectivity index (χ4v) is 2.29. The highest BCUT2D eigenvalue weighted by Crippen LogP contribution is 2.29. The van der Waals surface area contributed by atoms with Crippen LogP contribution in [0.15, 0.2) is 18.2 Å². The number of hydrogen-bond donors (Lipinski definition) is 2. The minimum Gasteiger partial charge on any atom is -0.481 e. The molecule has 0 amide bonds. The van der Waals surface area contributed by atoms with E-state index in [-0.39, 0.29) is 6.42 Å². The van der Waals surface area contributed by atoms with E-state index < -0.39 is 5.97 Å². The molecule has 2 aromatic rings. The molecular weight excluding hydrogens is 216 g/mol. The van der Waals surface area contributed by atoms with Gasteiger partial charge in [-0.2, -0.15) is 0 Å². The van der Waals surface area contributed by atoms with Gasteiger partial charge < -0.3 is 15.4 Å². The number of nitrogens with zero attached hydrogens (tertiary/aromatic N) is 1. The second kappa shape index (κ2) is 4.13. The lowest BCUT2D eigenvalue weighted by Crippen LogP contribution is -1.99. The molecule has 0 aliphatic rings. The monoisotopic (exact) mass is 232 g/mol. The maximum atomic E-state index is 10.7. The highest BCUT2D eigenvalue weighted by Gasteiger charge is 2.14. The lowest BCUT2D eigenvalue weighted by Gasteiger charge is -2.01. The first-order valence-electron chi connectivity index (χ1n) is 5.56. The van der Waals surface area contributed by atoms with Gasteiger partial charge in [-0.1, -0.05) is 12.1 Å². The minimum absolute atomic E-state index is 0.148. The highest BCUT2D eigenvalue weighted by atomic mass is 16.4. The number of aromatic nitrogens is 1. The van der Waals surface area contributed by atoms with Crippen LogP contribution in [0.3, 0.4) is 0 Å². The van der Waals surface area contributed by atoms with Crippen molar-refractivity contribution in [1.82, 2.24) is 4.57 Å². The number of carboxylic acid groups (broad SMARTS) is 1. The van der Waals surface area contributed by atoms with Crippen molar-refractivity contribution in [3.05, 3.63) is 29.5 Å². The molecule has 0 atom stereocenters. The number of carbonyl (C=O) groups is 1. The van der Waals surface area contributed by atoms with Crippen molar-refractivity contribution in [2.45, 2.75) is 19.8 Å². The van der Waals surface area contributed by atoms with Gasteiger partial charge >= 0.3 is 5.97 Å². The van der Waals surface area contributed by atoms with Crippen molar-refractivity contribution in [3.8, 4) is 0 Å². The number of para-hydroxylation sites is 1. The molecule has 17 heavy (non-hydrogen) atoms. The van der Waals surface area contributed by atoms with Crippen LogP contribution in [-0.4, -0.2) is 15.6 Å². The van der Waals surface area contributed by atoms with Crippen LogP contribution in [0.4, 0.5) is 5.69 Å². The number of anilines is 1. The Labute approximate surface area is 99.7 Å². The third-order valence-electron chi connectivity index (χ3n) is 3.26. The molecule has 1 aromatic heterocycles. The summed E-state index contributed by atoms with van der Waals surface area (Å²) in [6.45, 7) is 2.00. The van der Waals surface area contributed by atoms with E-state index in [2.05, 4.69) is 0 Å². The number of nitrogen functional groups attached to an aromatic ring is 1. The zero-order valence-corrected chi connectivity index (χ0v) is 10.0. The van der Waals surface area contributed by atoms with Gasteiger partial charge in [0.2, 0.25) is 0 Å². The number of aliphatic carboxylic acids is 1. The summed E-state index contributed by atoms with van der Waals surface area (Å²) in [5, 5.41) is 9.83. The van der Waals surface area contributed by atoms with Crippen molar-refractivity contribution < 1.29 is 9.90 Å². The molecule has 0 radical (unpaired) electrons. The molecule has 2 rings (SSSR count). The first kappa shape index (κ1) is 11.5. The molecule has 4 heteroatoms. The van der Waals surface area contributed by atoms with E-state index in [9.17, 15) is 4.79 Å². The van der Waals surface area contributed by atoms with Gasteiger partial charge in [-0.05, 0) is 25.0 Å². The number of carboxylic acids is 1. The summed E-state index contributed by atoms with van der Waals surface area (Å²) in [7, 11) is 1.96. The van der Waals surface area contributed by atoms with Crippen LogP contribution in [0, 0.1) is 6.92 Å². The van der Waals surface area contributed by atoms with E-state index in [1.807, 2.05) is 36.7 Å². The molecule has 0 spiro atoms. The summed E-state index contributed by atoms with van der Waals surface area (Å²) in [6.07, 6.45) is 0.691. The first-order chi connectivity index (χ1) is 8.02. The lowest BCUT2D eigenvalue weighted by molar-refractivity contribution is -0.136. The third-order valence-corrected chi connectivity index (χ3v) is 3.26. The summed E-state index contributed by atoms with van der Waals surface area (Å²) >= 11 is 0. The van der Waals surface area contributed by atoms with E-state index in [0.29, 0.717) is 6.42 Å². The Hall–Kier alpha value is -1.97. The number of rotatable bonds is 3. The fraction of sp³-hybridized carbons (Fsp3) is 0.308. The Balaban J connectivity index is 2.59. The first-order valence-corrected chi connectivity index (χ1v) is 5.56. The fourth-order valence-electron chi connectivity index (χ4n) is 2.29. The predicted molar refractivity (Wildman–Crippen MR) is 68.0 cm³/mol. The molecular formula is C13H16N2O2. The molecule has 1 aromatic carbocycles. The van der Waals surface area contributed by atoms with Crippen LogP contribution in [-0.2, 0) is 18.3 Å². The van der Waals surface area contributed by atoms with Crippen molar-refractivity contribution in [3.63, 3.8) is 0 Å². The standard InChI is InChI=1S/C13H16N2O2/c1-8-9(6-7-12(16)17)10-4-3-5-11(14)13(10)15(8)2/h3-5H,6-7,14H2,1-2H3,(H,16,17). The van der Waals surface area contributed by atoms with Crippen molar-refractivity contribution in [1.29, 1.82) is 0 Å². The average Bonchev–Trinajstić information content (AvgIpc) is 2.51. The van der Waals surface area contributed by atoms with Crippen molar-refractivity contribution in [2.24, 2.45) is 7.05 Å². The molecule has 0 bridgehead atoms. The van der Waals surface area contributed by atoms with E-state index in [1.165, 1.54) is 0 Å².